The summed E-state index contributed by atoms with van der Waals surface area (Å²) in [4.78, 5) is 13.9. The third-order valence-electron chi connectivity index (χ3n) is 11.0. The van der Waals surface area contributed by atoms with Gasteiger partial charge < -0.3 is 24.4 Å². The molecule has 4 aliphatic carbocycles. The zero-order valence-electron chi connectivity index (χ0n) is 24.6. The number of carbonyl (C=O) groups is 1. The van der Waals surface area contributed by atoms with E-state index in [0.29, 0.717) is 11.5 Å². The molecule has 8 heteroatoms. The van der Waals surface area contributed by atoms with Crippen LogP contribution in [0, 0.1) is 34.5 Å². The van der Waals surface area contributed by atoms with Gasteiger partial charge in [-0.15, -0.1) is 0 Å². The van der Waals surface area contributed by atoms with Gasteiger partial charge in [-0.25, -0.2) is 9.48 Å². The first-order valence-electron chi connectivity index (χ1n) is 14.8. The van der Waals surface area contributed by atoms with Crippen molar-refractivity contribution in [1.82, 2.24) is 9.78 Å². The second-order valence-electron chi connectivity index (χ2n) is 13.9. The van der Waals surface area contributed by atoms with Gasteiger partial charge in [0.2, 0.25) is 0 Å². The van der Waals surface area contributed by atoms with Crippen LogP contribution < -0.4 is 0 Å². The summed E-state index contributed by atoms with van der Waals surface area (Å²) >= 11 is 0. The summed E-state index contributed by atoms with van der Waals surface area (Å²) in [6.45, 7) is 12.5. The van der Waals surface area contributed by atoms with Gasteiger partial charge in [0.1, 0.15) is 11.7 Å². The summed E-state index contributed by atoms with van der Waals surface area (Å²) in [6, 6.07) is 11.0. The minimum Gasteiger partial charge on any atom is -0.450 e. The lowest BCUT2D eigenvalue weighted by Gasteiger charge is -2.55. The summed E-state index contributed by atoms with van der Waals surface area (Å²) < 4.78 is 20.5. The molecule has 0 radical (unpaired) electrons. The lowest BCUT2D eigenvalue weighted by Crippen LogP contribution is -2.69. The normalized spacial score (nSPS) is 41.5. The molecule has 2 aromatic rings. The molecule has 1 aromatic carbocycles. The number of aliphatic hydroxyl groups is 2. The standard InChI is InChI=1S/C33H40N2O6/c1-18-16-32-19(2)14-23-25(30(23,3)4)22(26(32)36)15-20-17-39-31(5,6)41-28(20)33(32,38)27(18)40-29(37)24-12-13-34-35(24)21-10-8-7-9-11-21/h7-13,15-16,19,22-23,25-28,36,38H,14,17H2,1-6H3/t19-,22+,23-,25+,26?,27+,28-,32+,33-/m1/s1. The van der Waals surface area contributed by atoms with Crippen molar-refractivity contribution in [3.8, 4) is 5.69 Å². The van der Waals surface area contributed by atoms with Crippen molar-refractivity contribution < 1.29 is 29.2 Å². The molecule has 3 fully saturated rings. The first-order chi connectivity index (χ1) is 19.3. The van der Waals surface area contributed by atoms with Gasteiger partial charge in [-0.3, -0.25) is 0 Å². The SMILES string of the molecule is CC1=C[C@]23C(O)[C@@H](C=C4COC(C)(C)O[C@H]4[C@]2(O)[C@H]1OC(=O)c1ccnn1-c1ccccc1)[C@H]1[C@@H](C[C@H]3C)C1(C)C. The number of esters is 1. The van der Waals surface area contributed by atoms with E-state index in [0.717, 1.165) is 17.7 Å². The molecular weight excluding hydrogens is 520 g/mol. The number of aliphatic hydroxyl groups excluding tert-OH is 1. The van der Waals surface area contributed by atoms with Crippen LogP contribution in [0.15, 0.2) is 65.9 Å². The van der Waals surface area contributed by atoms with Crippen molar-refractivity contribution in [2.45, 2.75) is 77.7 Å². The van der Waals surface area contributed by atoms with Crippen LogP contribution in [0.3, 0.4) is 0 Å². The summed E-state index contributed by atoms with van der Waals surface area (Å²) in [7, 11) is 0. The van der Waals surface area contributed by atoms with Gasteiger partial charge in [0.15, 0.2) is 17.6 Å². The van der Waals surface area contributed by atoms with Crippen molar-refractivity contribution in [2.75, 3.05) is 6.61 Å². The van der Waals surface area contributed by atoms with E-state index in [9.17, 15) is 15.0 Å². The Balaban J connectivity index is 1.35. The first kappa shape index (κ1) is 27.1. The maximum Gasteiger partial charge on any atom is 0.357 e. The number of rotatable bonds is 3. The number of fused-ring (bicyclic) bond motifs is 5. The molecule has 1 aliphatic heterocycles. The van der Waals surface area contributed by atoms with Gasteiger partial charge in [0.25, 0.3) is 0 Å². The van der Waals surface area contributed by atoms with E-state index < -0.39 is 41.1 Å². The fourth-order valence-electron chi connectivity index (χ4n) is 9.01. The fraction of sp³-hybridized carbons (Fsp3) is 0.576. The molecule has 1 aromatic heterocycles. The van der Waals surface area contributed by atoms with E-state index >= 15 is 0 Å². The zero-order chi connectivity index (χ0) is 29.1. The molecule has 9 atom stereocenters. The Kier molecular flexibility index (Phi) is 5.70. The van der Waals surface area contributed by atoms with Crippen LogP contribution in [-0.2, 0) is 14.2 Å². The molecule has 2 saturated carbocycles. The number of carbonyl (C=O) groups excluding carboxylic acids is 1. The van der Waals surface area contributed by atoms with Crippen LogP contribution in [0.1, 0.15) is 58.5 Å². The number of hydrogen-bond acceptors (Lipinski definition) is 7. The maximum absolute atomic E-state index is 13.9. The quantitative estimate of drug-likeness (QED) is 0.422. The maximum atomic E-state index is 13.9. The monoisotopic (exact) mass is 560 g/mol. The van der Waals surface area contributed by atoms with Crippen LogP contribution in [-0.4, -0.2) is 62.3 Å². The molecule has 218 valence electrons. The van der Waals surface area contributed by atoms with Crippen LogP contribution >= 0.6 is 0 Å². The van der Waals surface area contributed by atoms with E-state index in [1.54, 1.807) is 12.3 Å². The number of ether oxygens (including phenoxy) is 3. The Morgan fingerprint density at radius 3 is 2.61 bits per heavy atom. The zero-order valence-corrected chi connectivity index (χ0v) is 24.6. The molecular formula is C33H40N2O6. The number of hydrogen-bond donors (Lipinski definition) is 2. The van der Waals surface area contributed by atoms with E-state index in [4.69, 9.17) is 14.2 Å². The summed E-state index contributed by atoms with van der Waals surface area (Å²) in [6.07, 6.45) is 3.75. The van der Waals surface area contributed by atoms with Crippen molar-refractivity contribution >= 4 is 5.97 Å². The van der Waals surface area contributed by atoms with Gasteiger partial charge in [-0.1, -0.05) is 51.1 Å². The first-order valence-corrected chi connectivity index (χ1v) is 14.8. The van der Waals surface area contributed by atoms with Gasteiger partial charge in [-0.05, 0) is 79.7 Å². The Labute approximate surface area is 241 Å². The minimum absolute atomic E-state index is 0.0885. The molecule has 2 heterocycles. The average Bonchev–Trinajstić information content (AvgIpc) is 3.21. The van der Waals surface area contributed by atoms with Crippen molar-refractivity contribution in [3.63, 3.8) is 0 Å². The van der Waals surface area contributed by atoms with E-state index in [2.05, 4.69) is 31.9 Å². The third-order valence-corrected chi connectivity index (χ3v) is 11.0. The highest BCUT2D eigenvalue weighted by Gasteiger charge is 2.77. The molecule has 2 bridgehead atoms. The van der Waals surface area contributed by atoms with E-state index in [1.165, 1.54) is 4.68 Å². The van der Waals surface area contributed by atoms with Crippen LogP contribution in [0.25, 0.3) is 5.69 Å². The highest BCUT2D eigenvalue weighted by atomic mass is 16.7. The molecule has 1 spiro atoms. The second kappa shape index (κ2) is 8.63. The second-order valence-corrected chi connectivity index (χ2v) is 13.9. The largest absolute Gasteiger partial charge is 0.450 e. The Morgan fingerprint density at radius 2 is 1.88 bits per heavy atom. The average molecular weight is 561 g/mol. The van der Waals surface area contributed by atoms with E-state index in [1.807, 2.05) is 57.2 Å². The summed E-state index contributed by atoms with van der Waals surface area (Å²) in [5.74, 6) is -1.16. The van der Waals surface area contributed by atoms with Crippen LogP contribution in [0.5, 0.6) is 0 Å². The molecule has 1 saturated heterocycles. The molecule has 2 N–H and O–H groups in total. The predicted molar refractivity (Wildman–Crippen MR) is 151 cm³/mol. The lowest BCUT2D eigenvalue weighted by molar-refractivity contribution is -0.312. The minimum atomic E-state index is -1.76. The molecule has 41 heavy (non-hydrogen) atoms. The molecule has 0 amide bonds. The van der Waals surface area contributed by atoms with Gasteiger partial charge >= 0.3 is 5.97 Å². The Hall–Kier alpha value is -2.78. The lowest BCUT2D eigenvalue weighted by atomic mass is 9.58. The predicted octanol–water partition coefficient (Wildman–Crippen LogP) is 4.46. The summed E-state index contributed by atoms with van der Waals surface area (Å²) in [5, 5.41) is 30.0. The summed E-state index contributed by atoms with van der Waals surface area (Å²) in [5.41, 5.74) is -0.276. The van der Waals surface area contributed by atoms with Crippen LogP contribution in [0.2, 0.25) is 0 Å². The van der Waals surface area contributed by atoms with Gasteiger partial charge in [0, 0.05) is 5.92 Å². The van der Waals surface area contributed by atoms with Crippen LogP contribution in [0.4, 0.5) is 0 Å². The van der Waals surface area contributed by atoms with Crippen molar-refractivity contribution in [3.05, 3.63) is 71.6 Å². The van der Waals surface area contributed by atoms with Gasteiger partial charge in [0.05, 0.1) is 30.0 Å². The van der Waals surface area contributed by atoms with Crippen molar-refractivity contribution in [2.24, 2.45) is 34.5 Å². The van der Waals surface area contributed by atoms with Crippen molar-refractivity contribution in [1.29, 1.82) is 0 Å². The molecule has 1 unspecified atom stereocenters. The Bertz CT molecular complexity index is 1460. The van der Waals surface area contributed by atoms with Gasteiger partial charge in [-0.2, -0.15) is 5.10 Å². The number of nitrogens with zero attached hydrogens (tertiary/aromatic N) is 2. The highest BCUT2D eigenvalue weighted by molar-refractivity contribution is 5.88. The molecule has 5 aliphatic rings. The topological polar surface area (TPSA) is 103 Å². The smallest absolute Gasteiger partial charge is 0.357 e. The fourth-order valence-corrected chi connectivity index (χ4v) is 9.01. The number of benzene rings is 1. The Morgan fingerprint density at radius 1 is 1.15 bits per heavy atom. The highest BCUT2D eigenvalue weighted by Crippen LogP contribution is 2.73. The number of para-hydroxylation sites is 1. The van der Waals surface area contributed by atoms with E-state index in [-0.39, 0.29) is 35.5 Å². The third kappa shape index (κ3) is 3.54. The molecule has 7 rings (SSSR count). The molecule has 8 nitrogen and oxygen atoms in total. The number of aromatic nitrogens is 2.